The van der Waals surface area contributed by atoms with E-state index in [1.807, 2.05) is 44.2 Å². The van der Waals surface area contributed by atoms with Gasteiger partial charge in [0.15, 0.2) is 11.5 Å². The fourth-order valence-corrected chi connectivity index (χ4v) is 2.91. The van der Waals surface area contributed by atoms with Gasteiger partial charge < -0.3 is 19.5 Å². The number of ether oxygens (including phenoxy) is 3. The first-order chi connectivity index (χ1) is 14.0. The SMILES string of the molecule is COc1cc(/C=C/C(=O)Nc2ccc(OC)c3ncccc23)ccc1OC(C)C. The molecule has 0 radical (unpaired) electrons. The maximum absolute atomic E-state index is 12.4. The molecule has 3 rings (SSSR count). The van der Waals surface area contributed by atoms with Crippen LogP contribution in [0.3, 0.4) is 0 Å². The molecule has 1 amide bonds. The molecule has 0 saturated carbocycles. The third-order valence-electron chi connectivity index (χ3n) is 4.19. The molecule has 0 atom stereocenters. The Balaban J connectivity index is 1.78. The highest BCUT2D eigenvalue weighted by atomic mass is 16.5. The third-order valence-corrected chi connectivity index (χ3v) is 4.19. The number of carbonyl (C=O) groups excluding carboxylic acids is 1. The van der Waals surface area contributed by atoms with Crippen LogP contribution in [0.4, 0.5) is 5.69 Å². The van der Waals surface area contributed by atoms with Gasteiger partial charge in [-0.1, -0.05) is 6.07 Å². The molecular formula is C23H24N2O4. The van der Waals surface area contributed by atoms with Crippen molar-refractivity contribution < 1.29 is 19.0 Å². The number of pyridine rings is 1. The second kappa shape index (κ2) is 9.10. The highest BCUT2D eigenvalue weighted by Gasteiger charge is 2.09. The van der Waals surface area contributed by atoms with E-state index >= 15 is 0 Å². The Labute approximate surface area is 170 Å². The van der Waals surface area contributed by atoms with Gasteiger partial charge in [0.1, 0.15) is 11.3 Å². The summed E-state index contributed by atoms with van der Waals surface area (Å²) in [5.74, 6) is 1.70. The molecule has 29 heavy (non-hydrogen) atoms. The van der Waals surface area contributed by atoms with E-state index in [0.717, 1.165) is 10.9 Å². The quantitative estimate of drug-likeness (QED) is 0.591. The van der Waals surface area contributed by atoms with Gasteiger partial charge in [-0.3, -0.25) is 9.78 Å². The van der Waals surface area contributed by atoms with E-state index in [4.69, 9.17) is 14.2 Å². The van der Waals surface area contributed by atoms with E-state index in [0.29, 0.717) is 28.5 Å². The summed E-state index contributed by atoms with van der Waals surface area (Å²) in [7, 11) is 3.18. The van der Waals surface area contributed by atoms with Crippen LogP contribution in [0.5, 0.6) is 17.2 Å². The molecule has 0 aliphatic carbocycles. The van der Waals surface area contributed by atoms with Crippen LogP contribution in [0.1, 0.15) is 19.4 Å². The smallest absolute Gasteiger partial charge is 0.248 e. The summed E-state index contributed by atoms with van der Waals surface area (Å²) in [6.07, 6.45) is 4.94. The number of rotatable bonds is 7. The Morgan fingerprint density at radius 1 is 1.03 bits per heavy atom. The molecule has 6 heteroatoms. The average molecular weight is 392 g/mol. The lowest BCUT2D eigenvalue weighted by Gasteiger charge is -2.13. The zero-order chi connectivity index (χ0) is 20.8. The van der Waals surface area contributed by atoms with Gasteiger partial charge in [0.2, 0.25) is 5.91 Å². The fraction of sp³-hybridized carbons (Fsp3) is 0.217. The zero-order valence-electron chi connectivity index (χ0n) is 16.9. The molecular weight excluding hydrogens is 368 g/mol. The number of anilines is 1. The minimum atomic E-state index is -0.248. The van der Waals surface area contributed by atoms with Crippen molar-refractivity contribution in [2.45, 2.75) is 20.0 Å². The summed E-state index contributed by atoms with van der Waals surface area (Å²) in [6.45, 7) is 3.91. The number of aromatic nitrogens is 1. The lowest BCUT2D eigenvalue weighted by Crippen LogP contribution is -2.08. The molecule has 0 fully saturated rings. The van der Waals surface area contributed by atoms with Gasteiger partial charge in [0.05, 0.1) is 26.0 Å². The molecule has 0 saturated heterocycles. The number of hydrogen-bond donors (Lipinski definition) is 1. The Bertz CT molecular complexity index is 1040. The van der Waals surface area contributed by atoms with Crippen molar-refractivity contribution in [1.29, 1.82) is 0 Å². The second-order valence-corrected chi connectivity index (χ2v) is 6.61. The number of hydrogen-bond acceptors (Lipinski definition) is 5. The van der Waals surface area contributed by atoms with E-state index in [9.17, 15) is 4.79 Å². The summed E-state index contributed by atoms with van der Waals surface area (Å²) in [6, 6.07) is 12.8. The van der Waals surface area contributed by atoms with Crippen molar-refractivity contribution in [3.8, 4) is 17.2 Å². The van der Waals surface area contributed by atoms with Crippen molar-refractivity contribution in [3.05, 3.63) is 60.3 Å². The predicted molar refractivity (Wildman–Crippen MR) is 115 cm³/mol. The lowest BCUT2D eigenvalue weighted by atomic mass is 10.1. The van der Waals surface area contributed by atoms with Crippen LogP contribution in [-0.4, -0.2) is 31.2 Å². The number of benzene rings is 2. The van der Waals surface area contributed by atoms with Gasteiger partial charge in [-0.15, -0.1) is 0 Å². The van der Waals surface area contributed by atoms with Crippen LogP contribution in [0.25, 0.3) is 17.0 Å². The standard InChI is InChI=1S/C23H24N2O4/c1-15(2)29-19-10-7-16(14-21(19)28-4)8-12-22(26)25-18-9-11-20(27-3)23-17(18)6-5-13-24-23/h5-15H,1-4H3,(H,25,26)/b12-8+. The van der Waals surface area contributed by atoms with Crippen molar-refractivity contribution in [3.63, 3.8) is 0 Å². The van der Waals surface area contributed by atoms with Crippen LogP contribution < -0.4 is 19.5 Å². The first kappa shape index (κ1) is 20.2. The summed E-state index contributed by atoms with van der Waals surface area (Å²) in [5.41, 5.74) is 2.19. The molecule has 1 aromatic heterocycles. The maximum Gasteiger partial charge on any atom is 0.248 e. The van der Waals surface area contributed by atoms with Crippen molar-refractivity contribution in [2.75, 3.05) is 19.5 Å². The minimum Gasteiger partial charge on any atom is -0.494 e. The molecule has 0 spiro atoms. The summed E-state index contributed by atoms with van der Waals surface area (Å²) < 4.78 is 16.4. The minimum absolute atomic E-state index is 0.0462. The van der Waals surface area contributed by atoms with Gasteiger partial charge in [-0.05, 0) is 61.9 Å². The fourth-order valence-electron chi connectivity index (χ4n) is 2.91. The van der Waals surface area contributed by atoms with Gasteiger partial charge in [0, 0.05) is 17.7 Å². The van der Waals surface area contributed by atoms with Crippen LogP contribution in [0, 0.1) is 0 Å². The first-order valence-electron chi connectivity index (χ1n) is 9.27. The monoisotopic (exact) mass is 392 g/mol. The molecule has 1 N–H and O–H groups in total. The summed E-state index contributed by atoms with van der Waals surface area (Å²) in [4.78, 5) is 16.8. The molecule has 0 aliphatic heterocycles. The van der Waals surface area contributed by atoms with Gasteiger partial charge in [-0.25, -0.2) is 0 Å². The lowest BCUT2D eigenvalue weighted by molar-refractivity contribution is -0.111. The largest absolute Gasteiger partial charge is 0.494 e. The van der Waals surface area contributed by atoms with E-state index in [-0.39, 0.29) is 12.0 Å². The van der Waals surface area contributed by atoms with Crippen LogP contribution in [0.2, 0.25) is 0 Å². The normalized spacial score (nSPS) is 11.1. The number of methoxy groups -OCH3 is 2. The maximum atomic E-state index is 12.4. The second-order valence-electron chi connectivity index (χ2n) is 6.61. The summed E-state index contributed by atoms with van der Waals surface area (Å²) in [5, 5.41) is 3.71. The molecule has 0 bridgehead atoms. The topological polar surface area (TPSA) is 69.7 Å². The number of nitrogens with one attached hydrogen (secondary N) is 1. The van der Waals surface area contributed by atoms with E-state index in [2.05, 4.69) is 10.3 Å². The first-order valence-corrected chi connectivity index (χ1v) is 9.27. The number of nitrogens with zero attached hydrogens (tertiary/aromatic N) is 1. The average Bonchev–Trinajstić information content (AvgIpc) is 2.73. The van der Waals surface area contributed by atoms with Crippen molar-refractivity contribution in [1.82, 2.24) is 4.98 Å². The van der Waals surface area contributed by atoms with Gasteiger partial charge in [0.25, 0.3) is 0 Å². The highest BCUT2D eigenvalue weighted by molar-refractivity contribution is 6.07. The van der Waals surface area contributed by atoms with E-state index in [1.54, 1.807) is 38.6 Å². The molecule has 150 valence electrons. The Hall–Kier alpha value is -3.54. The molecule has 2 aromatic carbocycles. The number of fused-ring (bicyclic) bond motifs is 1. The highest BCUT2D eigenvalue weighted by Crippen LogP contribution is 2.31. The molecule has 0 unspecified atom stereocenters. The van der Waals surface area contributed by atoms with Gasteiger partial charge in [-0.2, -0.15) is 0 Å². The Morgan fingerprint density at radius 3 is 2.52 bits per heavy atom. The molecule has 0 aliphatic rings. The van der Waals surface area contributed by atoms with Crippen LogP contribution in [-0.2, 0) is 4.79 Å². The molecule has 3 aromatic rings. The molecule has 1 heterocycles. The number of amides is 1. The van der Waals surface area contributed by atoms with Crippen molar-refractivity contribution in [2.24, 2.45) is 0 Å². The number of carbonyl (C=O) groups is 1. The van der Waals surface area contributed by atoms with Gasteiger partial charge >= 0.3 is 0 Å². The Kier molecular flexibility index (Phi) is 6.34. The zero-order valence-corrected chi connectivity index (χ0v) is 16.9. The predicted octanol–water partition coefficient (Wildman–Crippen LogP) is 4.69. The van der Waals surface area contributed by atoms with Crippen molar-refractivity contribution >= 4 is 28.6 Å². The Morgan fingerprint density at radius 2 is 1.79 bits per heavy atom. The van der Waals surface area contributed by atoms with E-state index < -0.39 is 0 Å². The van der Waals surface area contributed by atoms with Crippen LogP contribution in [0.15, 0.2) is 54.7 Å². The molecule has 6 nitrogen and oxygen atoms in total. The third kappa shape index (κ3) is 4.85. The van der Waals surface area contributed by atoms with E-state index in [1.165, 1.54) is 6.08 Å². The summed E-state index contributed by atoms with van der Waals surface area (Å²) >= 11 is 0. The van der Waals surface area contributed by atoms with Crippen LogP contribution >= 0.6 is 0 Å².